The fourth-order valence-electron chi connectivity index (χ4n) is 4.51. The zero-order valence-electron chi connectivity index (χ0n) is 19.0. The molecule has 0 amide bonds. The van der Waals surface area contributed by atoms with E-state index in [0.29, 0.717) is 44.1 Å². The van der Waals surface area contributed by atoms with Crippen molar-refractivity contribution in [1.29, 1.82) is 5.26 Å². The lowest BCUT2D eigenvalue weighted by Crippen LogP contribution is -2.10. The van der Waals surface area contributed by atoms with Gasteiger partial charge in [0.2, 0.25) is 0 Å². The predicted octanol–water partition coefficient (Wildman–Crippen LogP) is 4.82. The van der Waals surface area contributed by atoms with E-state index in [-0.39, 0.29) is 17.1 Å². The first-order valence-electron chi connectivity index (χ1n) is 10.7. The summed E-state index contributed by atoms with van der Waals surface area (Å²) >= 11 is 0. The van der Waals surface area contributed by atoms with Crippen molar-refractivity contribution >= 4 is 43.3 Å². The van der Waals surface area contributed by atoms with Crippen LogP contribution in [0.2, 0.25) is 0 Å². The van der Waals surface area contributed by atoms with Crippen molar-refractivity contribution in [3.63, 3.8) is 0 Å². The molecule has 0 aliphatic heterocycles. The largest absolute Gasteiger partial charge is 0.488 e. The molecule has 0 saturated heterocycles. The molecule has 0 fully saturated rings. The topological polar surface area (TPSA) is 118 Å². The minimum absolute atomic E-state index is 0.00504. The van der Waals surface area contributed by atoms with E-state index in [1.54, 1.807) is 18.2 Å². The normalized spacial score (nSPS) is 12.0. The molecule has 35 heavy (non-hydrogen) atoms. The van der Waals surface area contributed by atoms with Gasteiger partial charge in [0.05, 0.1) is 28.7 Å². The van der Waals surface area contributed by atoms with E-state index in [4.69, 9.17) is 0 Å². The number of rotatable bonds is 4. The molecular weight excluding hydrogens is 471 g/mol. The Labute approximate surface area is 199 Å². The average Bonchev–Trinajstić information content (AvgIpc) is 3.20. The van der Waals surface area contributed by atoms with Crippen LogP contribution in [-0.4, -0.2) is 23.0 Å². The first kappa shape index (κ1) is 22.6. The third-order valence-corrected chi connectivity index (χ3v) is 6.48. The van der Waals surface area contributed by atoms with Crippen LogP contribution in [0.4, 0.5) is 3.89 Å². The monoisotopic (exact) mass is 490 g/mol. The second-order valence-corrected chi connectivity index (χ2v) is 9.56. The number of nitrogens with zero attached hydrogens (tertiary/aromatic N) is 3. The summed E-state index contributed by atoms with van der Waals surface area (Å²) in [5.41, 5.74) is 4.33. The summed E-state index contributed by atoms with van der Waals surface area (Å²) in [7, 11) is -3.37. The Morgan fingerprint density at radius 1 is 1.14 bits per heavy atom. The highest BCUT2D eigenvalue weighted by Gasteiger charge is 2.19. The van der Waals surface area contributed by atoms with E-state index >= 15 is 0 Å². The number of benzene rings is 2. The van der Waals surface area contributed by atoms with E-state index in [0.717, 1.165) is 17.1 Å². The third-order valence-electron chi connectivity index (χ3n) is 6.09. The van der Waals surface area contributed by atoms with Gasteiger partial charge < -0.3 is 13.7 Å². The minimum Gasteiger partial charge on any atom is -0.357 e. The van der Waals surface area contributed by atoms with E-state index in [1.807, 2.05) is 37.6 Å². The highest BCUT2D eigenvalue weighted by Crippen LogP contribution is 2.35. The maximum Gasteiger partial charge on any atom is 0.488 e. The van der Waals surface area contributed by atoms with Crippen LogP contribution in [-0.2, 0) is 17.6 Å². The molecule has 0 saturated carbocycles. The number of aryl methyl sites for hydroxylation is 1. The lowest BCUT2D eigenvalue weighted by Gasteiger charge is -2.17. The molecule has 0 aliphatic carbocycles. The van der Waals surface area contributed by atoms with Crippen LogP contribution < -0.4 is 9.61 Å². The Balaban J connectivity index is 1.84. The Bertz CT molecular complexity index is 1880. The third kappa shape index (κ3) is 3.80. The highest BCUT2D eigenvalue weighted by molar-refractivity contribution is 7.81. The molecule has 3 heterocycles. The first-order chi connectivity index (χ1) is 16.6. The predicted molar refractivity (Wildman–Crippen MR) is 131 cm³/mol. The number of fused-ring (bicyclic) bond motifs is 4. The molecule has 0 bridgehead atoms. The van der Waals surface area contributed by atoms with Crippen molar-refractivity contribution in [3.8, 4) is 22.9 Å². The molecule has 10 heteroatoms. The number of aromatic nitrogens is 3. The SMILES string of the molecule is CC(C)c1cc2c(=O)c3c4ccc(C#N)cc4[nH]c3n(C)c2cc1-c1cncc(OS(=O)(=O)F)c1. The van der Waals surface area contributed by atoms with Crippen LogP contribution in [0, 0.1) is 11.3 Å². The summed E-state index contributed by atoms with van der Waals surface area (Å²) in [5, 5.41) is 11.0. The Hall–Kier alpha value is -4.23. The summed E-state index contributed by atoms with van der Waals surface area (Å²) in [6, 6.07) is 12.3. The van der Waals surface area contributed by atoms with Crippen LogP contribution in [0.3, 0.4) is 0 Å². The van der Waals surface area contributed by atoms with Crippen LogP contribution in [0.25, 0.3) is 44.0 Å². The van der Waals surface area contributed by atoms with Crippen molar-refractivity contribution in [2.45, 2.75) is 19.8 Å². The number of hydrogen-bond acceptors (Lipinski definition) is 6. The van der Waals surface area contributed by atoms with Crippen LogP contribution in [0.15, 0.2) is 53.6 Å². The molecule has 2 aromatic carbocycles. The lowest BCUT2D eigenvalue weighted by atomic mass is 9.91. The molecule has 0 aliphatic rings. The summed E-state index contributed by atoms with van der Waals surface area (Å²) in [6.45, 7) is 3.95. The van der Waals surface area contributed by atoms with Crippen molar-refractivity contribution < 1.29 is 16.5 Å². The zero-order valence-corrected chi connectivity index (χ0v) is 19.8. The Morgan fingerprint density at radius 3 is 2.60 bits per heavy atom. The number of pyridine rings is 2. The van der Waals surface area contributed by atoms with Crippen molar-refractivity contribution in [1.82, 2.24) is 14.5 Å². The van der Waals surface area contributed by atoms with Crippen LogP contribution >= 0.6 is 0 Å². The summed E-state index contributed by atoms with van der Waals surface area (Å²) in [5.74, 6) is -0.251. The number of aromatic amines is 1. The molecule has 1 N–H and O–H groups in total. The smallest absolute Gasteiger partial charge is 0.357 e. The van der Waals surface area contributed by atoms with Crippen molar-refractivity contribution in [3.05, 3.63) is 70.1 Å². The van der Waals surface area contributed by atoms with Crippen molar-refractivity contribution in [2.24, 2.45) is 7.05 Å². The van der Waals surface area contributed by atoms with Gasteiger partial charge in [-0.1, -0.05) is 23.8 Å². The van der Waals surface area contributed by atoms with E-state index in [1.165, 1.54) is 12.3 Å². The standard InChI is InChI=1S/C25H19FN4O4S/c1-13(2)18-8-20-22(9-19(18)15-7-16(12-28-11-15)34-35(26,32)33)30(3)25-23(24(20)31)17-5-4-14(10-27)6-21(17)29-25/h4-9,11-13,29H,1-3H3. The maximum atomic E-state index is 13.7. The zero-order chi connectivity index (χ0) is 25.1. The number of nitrogens with one attached hydrogen (secondary N) is 1. The lowest BCUT2D eigenvalue weighted by molar-refractivity contribution is 0.439. The van der Waals surface area contributed by atoms with Gasteiger partial charge in [0.25, 0.3) is 0 Å². The van der Waals surface area contributed by atoms with Crippen LogP contribution in [0.5, 0.6) is 5.75 Å². The van der Waals surface area contributed by atoms with Crippen molar-refractivity contribution in [2.75, 3.05) is 0 Å². The van der Waals surface area contributed by atoms with E-state index < -0.39 is 10.5 Å². The molecule has 0 spiro atoms. The number of H-pyrrole nitrogens is 1. The molecule has 0 radical (unpaired) electrons. The van der Waals surface area contributed by atoms with Gasteiger partial charge in [0.1, 0.15) is 5.65 Å². The molecule has 3 aromatic heterocycles. The van der Waals surface area contributed by atoms with Gasteiger partial charge in [-0.2, -0.15) is 13.7 Å². The summed E-state index contributed by atoms with van der Waals surface area (Å²) in [4.78, 5) is 20.9. The van der Waals surface area contributed by atoms with Gasteiger partial charge in [-0.05, 0) is 47.4 Å². The fraction of sp³-hybridized carbons (Fsp3) is 0.160. The highest BCUT2D eigenvalue weighted by atomic mass is 32.3. The molecule has 0 atom stereocenters. The second-order valence-electron chi connectivity index (χ2n) is 8.61. The number of nitriles is 1. The van der Waals surface area contributed by atoms with Gasteiger partial charge in [0, 0.05) is 35.1 Å². The number of hydrogen-bond donors (Lipinski definition) is 1. The quantitative estimate of drug-likeness (QED) is 0.361. The maximum absolute atomic E-state index is 13.7. The molecule has 0 unspecified atom stereocenters. The molecule has 5 rings (SSSR count). The van der Waals surface area contributed by atoms with Gasteiger partial charge in [-0.3, -0.25) is 9.78 Å². The van der Waals surface area contributed by atoms with Gasteiger partial charge in [-0.15, -0.1) is 0 Å². The first-order valence-corrected chi connectivity index (χ1v) is 12.0. The Kier molecular flexibility index (Phi) is 5.11. The minimum atomic E-state index is -5.20. The number of halogens is 1. The molecular formula is C25H19FN4O4S. The molecule has 176 valence electrons. The summed E-state index contributed by atoms with van der Waals surface area (Å²) in [6.07, 6.45) is 2.63. The Morgan fingerprint density at radius 2 is 1.91 bits per heavy atom. The van der Waals surface area contributed by atoms with Crippen LogP contribution in [0.1, 0.15) is 30.9 Å². The summed E-state index contributed by atoms with van der Waals surface area (Å²) < 4.78 is 41.2. The molecule has 5 aromatic rings. The van der Waals surface area contributed by atoms with Gasteiger partial charge in [0.15, 0.2) is 11.2 Å². The van der Waals surface area contributed by atoms with Gasteiger partial charge in [-0.25, -0.2) is 0 Å². The van der Waals surface area contributed by atoms with E-state index in [9.17, 15) is 22.4 Å². The van der Waals surface area contributed by atoms with Gasteiger partial charge >= 0.3 is 10.5 Å². The second kappa shape index (κ2) is 7.92. The van der Waals surface area contributed by atoms with E-state index in [2.05, 4.69) is 20.2 Å². The molecule has 8 nitrogen and oxygen atoms in total. The average molecular weight is 491 g/mol. The fourth-order valence-corrected chi connectivity index (χ4v) is 4.83.